The smallest absolute Gasteiger partial charge is 0.222 e. The summed E-state index contributed by atoms with van der Waals surface area (Å²) in [5.74, 6) is 1.78. The number of aryl methyl sites for hydroxylation is 1. The van der Waals surface area contributed by atoms with Gasteiger partial charge in [0, 0.05) is 17.0 Å². The number of hydrogen-bond donors (Lipinski definition) is 1. The van der Waals surface area contributed by atoms with Crippen LogP contribution in [0.4, 0.5) is 5.88 Å². The topological polar surface area (TPSA) is 74.4 Å². The number of aromatic nitrogens is 1. The summed E-state index contributed by atoms with van der Waals surface area (Å²) in [5.41, 5.74) is 7.80. The highest BCUT2D eigenvalue weighted by molar-refractivity contribution is 5.88. The van der Waals surface area contributed by atoms with Crippen molar-refractivity contribution < 1.29 is 13.7 Å². The van der Waals surface area contributed by atoms with Crippen LogP contribution in [0.3, 0.4) is 0 Å². The number of fused-ring (bicyclic) bond motifs is 1. The molecule has 0 amide bonds. The molecule has 5 nitrogen and oxygen atoms in total. The third-order valence-corrected chi connectivity index (χ3v) is 2.75. The van der Waals surface area contributed by atoms with Gasteiger partial charge in [0.2, 0.25) is 5.88 Å². The van der Waals surface area contributed by atoms with Crippen LogP contribution in [-0.4, -0.2) is 12.3 Å². The minimum Gasteiger partial charge on any atom is -0.493 e. The summed E-state index contributed by atoms with van der Waals surface area (Å²) in [6.45, 7) is 1.90. The van der Waals surface area contributed by atoms with Gasteiger partial charge in [0.25, 0.3) is 0 Å². The average Bonchev–Trinajstić information content (AvgIpc) is 2.92. The second-order valence-electron chi connectivity index (χ2n) is 4.07. The van der Waals surface area contributed by atoms with Crippen LogP contribution < -0.4 is 10.5 Å². The van der Waals surface area contributed by atoms with Crippen molar-refractivity contribution >= 4 is 16.9 Å². The zero-order valence-electron chi connectivity index (χ0n) is 10.1. The lowest BCUT2D eigenvalue weighted by Crippen LogP contribution is -1.85. The van der Waals surface area contributed by atoms with Crippen LogP contribution >= 0.6 is 0 Å². The standard InChI is InChI=1S/C13H12N2O3/c1-7-3-9-4-8(10-6-12(14)18-15-10)5-11(16-2)13(9)17-7/h3-6H,14H2,1-2H3. The summed E-state index contributed by atoms with van der Waals surface area (Å²) in [4.78, 5) is 0. The maximum absolute atomic E-state index is 5.59. The van der Waals surface area contributed by atoms with E-state index < -0.39 is 0 Å². The quantitative estimate of drug-likeness (QED) is 0.750. The molecule has 0 atom stereocenters. The van der Waals surface area contributed by atoms with Crippen molar-refractivity contribution in [2.24, 2.45) is 0 Å². The van der Waals surface area contributed by atoms with E-state index in [9.17, 15) is 0 Å². The molecule has 0 spiro atoms. The lowest BCUT2D eigenvalue weighted by atomic mass is 10.1. The monoisotopic (exact) mass is 244 g/mol. The van der Waals surface area contributed by atoms with Gasteiger partial charge in [-0.1, -0.05) is 5.16 Å². The van der Waals surface area contributed by atoms with Crippen molar-refractivity contribution in [1.82, 2.24) is 5.16 Å². The molecule has 0 unspecified atom stereocenters. The highest BCUT2D eigenvalue weighted by atomic mass is 16.5. The Morgan fingerprint density at radius 3 is 2.72 bits per heavy atom. The number of ether oxygens (including phenoxy) is 1. The molecular weight excluding hydrogens is 232 g/mol. The first-order valence-corrected chi connectivity index (χ1v) is 5.48. The van der Waals surface area contributed by atoms with E-state index in [2.05, 4.69) is 5.16 Å². The Kier molecular flexibility index (Phi) is 2.26. The number of rotatable bonds is 2. The molecule has 2 heterocycles. The highest BCUT2D eigenvalue weighted by Crippen LogP contribution is 2.34. The Hall–Kier alpha value is -2.43. The number of methoxy groups -OCH3 is 1. The van der Waals surface area contributed by atoms with Gasteiger partial charge in [-0.3, -0.25) is 0 Å². The first kappa shape index (κ1) is 10.7. The zero-order chi connectivity index (χ0) is 12.7. The molecule has 3 rings (SSSR count). The average molecular weight is 244 g/mol. The van der Waals surface area contributed by atoms with Gasteiger partial charge in [0.1, 0.15) is 11.5 Å². The molecule has 0 aliphatic rings. The fourth-order valence-corrected chi connectivity index (χ4v) is 1.97. The molecule has 5 heteroatoms. The summed E-state index contributed by atoms with van der Waals surface area (Å²) in [6.07, 6.45) is 0. The van der Waals surface area contributed by atoms with E-state index in [1.54, 1.807) is 13.2 Å². The van der Waals surface area contributed by atoms with Crippen molar-refractivity contribution in [3.63, 3.8) is 0 Å². The van der Waals surface area contributed by atoms with E-state index >= 15 is 0 Å². The van der Waals surface area contributed by atoms with Crippen molar-refractivity contribution in [3.8, 4) is 17.0 Å². The van der Waals surface area contributed by atoms with Gasteiger partial charge in [-0.05, 0) is 25.1 Å². The summed E-state index contributed by atoms with van der Waals surface area (Å²) in [5, 5.41) is 4.85. The molecule has 1 aromatic carbocycles. The zero-order valence-corrected chi connectivity index (χ0v) is 10.1. The third-order valence-electron chi connectivity index (χ3n) is 2.75. The van der Waals surface area contributed by atoms with Gasteiger partial charge in [-0.25, -0.2) is 0 Å². The van der Waals surface area contributed by atoms with Crippen LogP contribution in [-0.2, 0) is 0 Å². The summed E-state index contributed by atoms with van der Waals surface area (Å²) in [7, 11) is 1.60. The van der Waals surface area contributed by atoms with E-state index in [4.69, 9.17) is 19.4 Å². The minimum absolute atomic E-state index is 0.285. The van der Waals surface area contributed by atoms with Gasteiger partial charge in [-0.2, -0.15) is 0 Å². The molecule has 92 valence electrons. The SMILES string of the molecule is COc1cc(-c2cc(N)on2)cc2cc(C)oc12. The van der Waals surface area contributed by atoms with Gasteiger partial charge < -0.3 is 19.4 Å². The van der Waals surface area contributed by atoms with E-state index in [-0.39, 0.29) is 5.88 Å². The normalized spacial score (nSPS) is 11.0. The number of anilines is 1. The van der Waals surface area contributed by atoms with Crippen LogP contribution in [0, 0.1) is 6.92 Å². The molecule has 0 fully saturated rings. The van der Waals surface area contributed by atoms with Gasteiger partial charge in [0.05, 0.1) is 7.11 Å². The van der Waals surface area contributed by atoms with Crippen molar-refractivity contribution in [2.75, 3.05) is 12.8 Å². The predicted octanol–water partition coefficient (Wildman–Crippen LogP) is 2.99. The Morgan fingerprint density at radius 1 is 1.22 bits per heavy atom. The summed E-state index contributed by atoms with van der Waals surface area (Å²) < 4.78 is 15.8. The number of furan rings is 1. The van der Waals surface area contributed by atoms with Crippen LogP contribution in [0.25, 0.3) is 22.2 Å². The maximum atomic E-state index is 5.59. The third kappa shape index (κ3) is 1.60. The highest BCUT2D eigenvalue weighted by Gasteiger charge is 2.12. The Bertz CT molecular complexity index is 712. The molecule has 2 N–H and O–H groups in total. The number of hydrogen-bond acceptors (Lipinski definition) is 5. The summed E-state index contributed by atoms with van der Waals surface area (Å²) >= 11 is 0. The lowest BCUT2D eigenvalue weighted by molar-refractivity contribution is 0.409. The first-order chi connectivity index (χ1) is 8.67. The molecule has 0 saturated heterocycles. The molecule has 0 radical (unpaired) electrons. The fourth-order valence-electron chi connectivity index (χ4n) is 1.97. The van der Waals surface area contributed by atoms with Gasteiger partial charge in [0.15, 0.2) is 11.3 Å². The van der Waals surface area contributed by atoms with Crippen LogP contribution in [0.15, 0.2) is 33.2 Å². The lowest BCUT2D eigenvalue weighted by Gasteiger charge is -2.03. The first-order valence-electron chi connectivity index (χ1n) is 5.48. The molecule has 3 aromatic rings. The number of nitrogen functional groups attached to an aromatic ring is 1. The number of benzene rings is 1. The van der Waals surface area contributed by atoms with Crippen LogP contribution in [0.1, 0.15) is 5.76 Å². The summed E-state index contributed by atoms with van der Waals surface area (Å²) in [6, 6.07) is 7.44. The molecular formula is C13H12N2O3. The van der Waals surface area contributed by atoms with Crippen LogP contribution in [0.5, 0.6) is 5.75 Å². The van der Waals surface area contributed by atoms with E-state index in [1.807, 2.05) is 25.1 Å². The predicted molar refractivity (Wildman–Crippen MR) is 67.4 cm³/mol. The fraction of sp³-hybridized carbons (Fsp3) is 0.154. The van der Waals surface area contributed by atoms with Gasteiger partial charge in [-0.15, -0.1) is 0 Å². The van der Waals surface area contributed by atoms with Crippen molar-refractivity contribution in [2.45, 2.75) is 6.92 Å². The maximum Gasteiger partial charge on any atom is 0.222 e. The molecule has 0 aliphatic carbocycles. The molecule has 0 saturated carbocycles. The number of nitrogens with zero attached hydrogens (tertiary/aromatic N) is 1. The van der Waals surface area contributed by atoms with E-state index in [1.165, 1.54) is 0 Å². The largest absolute Gasteiger partial charge is 0.493 e. The van der Waals surface area contributed by atoms with Crippen molar-refractivity contribution in [3.05, 3.63) is 30.0 Å². The second-order valence-corrected chi connectivity index (χ2v) is 4.07. The molecule has 2 aromatic heterocycles. The number of nitrogens with two attached hydrogens (primary N) is 1. The Morgan fingerprint density at radius 2 is 2.06 bits per heavy atom. The van der Waals surface area contributed by atoms with Gasteiger partial charge >= 0.3 is 0 Å². The van der Waals surface area contributed by atoms with Crippen LogP contribution in [0.2, 0.25) is 0 Å². The Labute approximate surface area is 103 Å². The van der Waals surface area contributed by atoms with E-state index in [0.29, 0.717) is 11.4 Å². The minimum atomic E-state index is 0.285. The Balaban J connectivity index is 2.24. The second kappa shape index (κ2) is 3.80. The molecule has 18 heavy (non-hydrogen) atoms. The molecule has 0 aliphatic heterocycles. The molecule has 0 bridgehead atoms. The van der Waals surface area contributed by atoms with Crippen molar-refractivity contribution in [1.29, 1.82) is 0 Å². The van der Waals surface area contributed by atoms with E-state index in [0.717, 1.165) is 22.3 Å².